The third kappa shape index (κ3) is 3.88. The Morgan fingerprint density at radius 1 is 0.974 bits per heavy atom. The number of ether oxygens (including phenoxy) is 2. The molecule has 0 radical (unpaired) electrons. The molecule has 0 atom stereocenters. The van der Waals surface area contributed by atoms with E-state index < -0.39 is 0 Å². The van der Waals surface area contributed by atoms with E-state index in [2.05, 4.69) is 44.6 Å². The molecule has 0 spiro atoms. The van der Waals surface area contributed by atoms with E-state index in [1.54, 1.807) is 13.3 Å². The molecule has 3 aromatic heterocycles. The Labute approximate surface area is 221 Å². The number of methoxy groups -OCH3 is 1. The van der Waals surface area contributed by atoms with Crippen molar-refractivity contribution < 1.29 is 9.47 Å². The number of nitrogens with zero attached hydrogens (tertiary/aromatic N) is 5. The second-order valence-electron chi connectivity index (χ2n) is 10.1. The van der Waals surface area contributed by atoms with Gasteiger partial charge in [-0.2, -0.15) is 0 Å². The van der Waals surface area contributed by atoms with E-state index in [0.29, 0.717) is 17.8 Å². The fourth-order valence-corrected chi connectivity index (χ4v) is 5.89. The maximum Gasteiger partial charge on any atom is 0.150 e. The van der Waals surface area contributed by atoms with E-state index in [1.165, 1.54) is 0 Å². The monoisotopic (exact) mass is 506 g/mol. The van der Waals surface area contributed by atoms with Crippen LogP contribution in [0.25, 0.3) is 38.9 Å². The van der Waals surface area contributed by atoms with Crippen LogP contribution in [0.4, 0.5) is 5.82 Å². The normalized spacial score (nSPS) is 20.0. The molecule has 1 aliphatic heterocycles. The zero-order valence-corrected chi connectivity index (χ0v) is 21.4. The zero-order valence-electron chi connectivity index (χ0n) is 21.4. The molecule has 5 aromatic rings. The highest BCUT2D eigenvalue weighted by molar-refractivity contribution is 5.94. The summed E-state index contributed by atoms with van der Waals surface area (Å²) in [4.78, 5) is 17.1. The van der Waals surface area contributed by atoms with Gasteiger partial charge in [-0.15, -0.1) is 0 Å². The molecule has 1 saturated heterocycles. The van der Waals surface area contributed by atoms with Crippen molar-refractivity contribution in [2.45, 2.75) is 24.8 Å². The lowest BCUT2D eigenvalue weighted by atomic mass is 9.78. The van der Waals surface area contributed by atoms with Gasteiger partial charge in [-0.1, -0.05) is 36.4 Å². The van der Waals surface area contributed by atoms with Gasteiger partial charge in [-0.25, -0.2) is 15.0 Å². The Morgan fingerprint density at radius 2 is 1.79 bits per heavy atom. The van der Waals surface area contributed by atoms with Crippen molar-refractivity contribution in [2.75, 3.05) is 39.1 Å². The lowest BCUT2D eigenvalue weighted by molar-refractivity contribution is -0.00778. The highest BCUT2D eigenvalue weighted by Gasteiger charge is 2.38. The predicted molar refractivity (Wildman–Crippen MR) is 148 cm³/mol. The molecule has 0 unspecified atom stereocenters. The van der Waals surface area contributed by atoms with Gasteiger partial charge in [0.05, 0.1) is 31.5 Å². The molecule has 8 heteroatoms. The summed E-state index contributed by atoms with van der Waals surface area (Å²) in [6.45, 7) is 3.68. The van der Waals surface area contributed by atoms with Crippen molar-refractivity contribution in [1.29, 1.82) is 0 Å². The Bertz CT molecular complexity index is 1620. The number of imidazole rings is 1. The van der Waals surface area contributed by atoms with Crippen LogP contribution in [0.1, 0.15) is 24.6 Å². The smallest absolute Gasteiger partial charge is 0.150 e. The fourth-order valence-electron chi connectivity index (χ4n) is 5.89. The van der Waals surface area contributed by atoms with Gasteiger partial charge in [0.2, 0.25) is 0 Å². The molecule has 38 heavy (non-hydrogen) atoms. The minimum absolute atomic E-state index is 0.384. The topological polar surface area (TPSA) is 90.8 Å². The van der Waals surface area contributed by atoms with E-state index in [1.807, 2.05) is 30.5 Å². The lowest BCUT2D eigenvalue weighted by Crippen LogP contribution is -2.49. The first-order chi connectivity index (χ1) is 18.7. The summed E-state index contributed by atoms with van der Waals surface area (Å²) in [5.41, 5.74) is 11.9. The van der Waals surface area contributed by atoms with Crippen molar-refractivity contribution >= 4 is 22.2 Å². The van der Waals surface area contributed by atoms with Crippen LogP contribution in [0.3, 0.4) is 0 Å². The molecule has 1 saturated carbocycles. The summed E-state index contributed by atoms with van der Waals surface area (Å²) in [7, 11) is 1.70. The quantitative estimate of drug-likeness (QED) is 0.367. The molecule has 8 nitrogen and oxygen atoms in total. The molecule has 2 aromatic carbocycles. The van der Waals surface area contributed by atoms with Gasteiger partial charge < -0.3 is 15.2 Å². The first-order valence-corrected chi connectivity index (χ1v) is 13.2. The van der Waals surface area contributed by atoms with E-state index in [0.717, 1.165) is 89.7 Å². The van der Waals surface area contributed by atoms with E-state index in [-0.39, 0.29) is 0 Å². The molecule has 0 amide bonds. The van der Waals surface area contributed by atoms with Crippen molar-refractivity contribution in [3.8, 4) is 28.3 Å². The largest absolute Gasteiger partial charge is 0.496 e. The van der Waals surface area contributed by atoms with Gasteiger partial charge in [0.15, 0.2) is 0 Å². The van der Waals surface area contributed by atoms with Crippen LogP contribution < -0.4 is 10.5 Å². The Morgan fingerprint density at radius 3 is 2.58 bits per heavy atom. The summed E-state index contributed by atoms with van der Waals surface area (Å²) in [5.74, 6) is 2.71. The first-order valence-electron chi connectivity index (χ1n) is 13.2. The van der Waals surface area contributed by atoms with Gasteiger partial charge in [0.25, 0.3) is 0 Å². The van der Waals surface area contributed by atoms with Crippen molar-refractivity contribution in [2.24, 2.45) is 0 Å². The first kappa shape index (κ1) is 23.1. The van der Waals surface area contributed by atoms with Crippen LogP contribution in [0.5, 0.6) is 5.75 Å². The Hall–Kier alpha value is -4.01. The van der Waals surface area contributed by atoms with Crippen LogP contribution >= 0.6 is 0 Å². The maximum absolute atomic E-state index is 6.44. The molecular formula is C30H30N6O2. The number of hydrogen-bond donors (Lipinski definition) is 1. The van der Waals surface area contributed by atoms with Crippen LogP contribution in [-0.4, -0.2) is 63.7 Å². The van der Waals surface area contributed by atoms with Crippen LogP contribution in [-0.2, 0) is 4.74 Å². The number of morpholine rings is 1. The minimum atomic E-state index is 0.384. The third-order valence-corrected chi connectivity index (χ3v) is 7.99. The Balaban J connectivity index is 1.30. The number of nitrogens with two attached hydrogens (primary N) is 1. The standard InChI is InChI=1S/C30H30N6O2/c1-37-26-18-24(19-5-3-2-4-6-19)33-25-17-20(7-8-23(25)26)27-28-29(31)32-9-10-36(28)30(34-27)21-15-22(16-21)35-11-13-38-14-12-35/h2-10,17-18,21-22H,11-16H2,1H3,(H2,31,32). The van der Waals surface area contributed by atoms with E-state index >= 15 is 0 Å². The van der Waals surface area contributed by atoms with E-state index in [9.17, 15) is 0 Å². The summed E-state index contributed by atoms with van der Waals surface area (Å²) in [5, 5.41) is 0.957. The number of benzene rings is 2. The number of fused-ring (bicyclic) bond motifs is 2. The van der Waals surface area contributed by atoms with Gasteiger partial charge in [0.1, 0.15) is 28.6 Å². The average molecular weight is 507 g/mol. The number of hydrogen-bond acceptors (Lipinski definition) is 7. The average Bonchev–Trinajstić information content (AvgIpc) is 3.33. The van der Waals surface area contributed by atoms with Gasteiger partial charge >= 0.3 is 0 Å². The van der Waals surface area contributed by atoms with Crippen LogP contribution in [0.2, 0.25) is 0 Å². The predicted octanol–water partition coefficient (Wildman–Crippen LogP) is 4.78. The van der Waals surface area contributed by atoms with Crippen molar-refractivity contribution in [1.82, 2.24) is 24.3 Å². The third-order valence-electron chi connectivity index (χ3n) is 7.99. The summed E-state index contributed by atoms with van der Waals surface area (Å²) >= 11 is 0. The summed E-state index contributed by atoms with van der Waals surface area (Å²) in [6.07, 6.45) is 5.93. The molecule has 2 aliphatic rings. The number of aromatic nitrogens is 4. The molecule has 192 valence electrons. The second-order valence-corrected chi connectivity index (χ2v) is 10.1. The molecular weight excluding hydrogens is 476 g/mol. The number of pyridine rings is 1. The highest BCUT2D eigenvalue weighted by Crippen LogP contribution is 2.42. The molecule has 1 aliphatic carbocycles. The lowest BCUT2D eigenvalue weighted by Gasteiger charge is -2.43. The molecule has 4 heterocycles. The summed E-state index contributed by atoms with van der Waals surface area (Å²) in [6, 6.07) is 18.9. The van der Waals surface area contributed by atoms with Gasteiger partial charge in [-0.3, -0.25) is 9.30 Å². The summed E-state index contributed by atoms with van der Waals surface area (Å²) < 4.78 is 13.4. The zero-order chi connectivity index (χ0) is 25.6. The molecule has 2 N–H and O–H groups in total. The number of nitrogen functional groups attached to an aromatic ring is 1. The molecule has 2 fully saturated rings. The fraction of sp³-hybridized carbons (Fsp3) is 0.300. The van der Waals surface area contributed by atoms with Crippen LogP contribution in [0.15, 0.2) is 67.0 Å². The van der Waals surface area contributed by atoms with Crippen molar-refractivity contribution in [3.63, 3.8) is 0 Å². The minimum Gasteiger partial charge on any atom is -0.496 e. The second kappa shape index (κ2) is 9.38. The van der Waals surface area contributed by atoms with Gasteiger partial charge in [0, 0.05) is 60.0 Å². The van der Waals surface area contributed by atoms with Crippen LogP contribution in [0, 0.1) is 0 Å². The van der Waals surface area contributed by atoms with Crippen molar-refractivity contribution in [3.05, 3.63) is 72.8 Å². The van der Waals surface area contributed by atoms with E-state index in [4.69, 9.17) is 25.2 Å². The number of anilines is 1. The molecule has 7 rings (SSSR count). The molecule has 0 bridgehead atoms. The highest BCUT2D eigenvalue weighted by atomic mass is 16.5. The maximum atomic E-state index is 6.44. The number of rotatable bonds is 5. The Kier molecular flexibility index (Phi) is 5.71. The SMILES string of the molecule is COc1cc(-c2ccccc2)nc2cc(-c3nc(C4CC(N5CCOCC5)C4)n4ccnc(N)c34)ccc12. The van der Waals surface area contributed by atoms with Gasteiger partial charge in [-0.05, 0) is 25.0 Å².